The molecule has 3 nitrogen and oxygen atoms in total. The number of nitrogens with two attached hydrogens (primary N) is 2. The van der Waals surface area contributed by atoms with Crippen LogP contribution in [0.2, 0.25) is 0 Å². The molecule has 0 bridgehead atoms. The van der Waals surface area contributed by atoms with Crippen molar-refractivity contribution in [3.05, 3.63) is 0 Å². The maximum atomic E-state index is 10.7. The lowest BCUT2D eigenvalue weighted by atomic mass is 9.91. The molecule has 0 saturated carbocycles. The summed E-state index contributed by atoms with van der Waals surface area (Å²) in [6.45, 7) is 5.68. The largest absolute Gasteiger partial charge is 0.368 e. The van der Waals surface area contributed by atoms with Crippen molar-refractivity contribution in [2.75, 3.05) is 0 Å². The summed E-state index contributed by atoms with van der Waals surface area (Å²) in [7, 11) is 0. The van der Waals surface area contributed by atoms with Gasteiger partial charge in [0.1, 0.15) is 0 Å². The van der Waals surface area contributed by atoms with Crippen LogP contribution in [0.15, 0.2) is 0 Å². The molecule has 10 heavy (non-hydrogen) atoms. The zero-order valence-electron chi connectivity index (χ0n) is 6.85. The van der Waals surface area contributed by atoms with Crippen molar-refractivity contribution in [1.82, 2.24) is 0 Å². The fraction of sp³-hybridized carbons (Fsp3) is 0.857. The van der Waals surface area contributed by atoms with Crippen LogP contribution >= 0.6 is 0 Å². The van der Waals surface area contributed by atoms with E-state index in [0.717, 1.165) is 0 Å². The molecule has 0 aliphatic rings. The summed E-state index contributed by atoms with van der Waals surface area (Å²) in [6.07, 6.45) is 0.641. The molecule has 1 atom stereocenters. The van der Waals surface area contributed by atoms with Crippen LogP contribution < -0.4 is 11.5 Å². The summed E-state index contributed by atoms with van der Waals surface area (Å²) in [4.78, 5) is 10.7. The van der Waals surface area contributed by atoms with Crippen LogP contribution in [-0.2, 0) is 4.79 Å². The second-order valence-corrected chi connectivity index (χ2v) is 3.38. The van der Waals surface area contributed by atoms with E-state index in [1.54, 1.807) is 6.92 Å². The summed E-state index contributed by atoms with van der Waals surface area (Å²) in [5.41, 5.74) is 9.80. The first-order valence-corrected chi connectivity index (χ1v) is 3.45. The van der Waals surface area contributed by atoms with Gasteiger partial charge in [-0.1, -0.05) is 13.8 Å². The molecule has 0 heterocycles. The van der Waals surface area contributed by atoms with Crippen molar-refractivity contribution < 1.29 is 4.79 Å². The highest BCUT2D eigenvalue weighted by Gasteiger charge is 2.26. The van der Waals surface area contributed by atoms with Crippen molar-refractivity contribution in [3.8, 4) is 0 Å². The monoisotopic (exact) mass is 144 g/mol. The number of rotatable bonds is 3. The maximum Gasteiger partial charge on any atom is 0.237 e. The number of hydrogen-bond donors (Lipinski definition) is 2. The Hall–Kier alpha value is -0.570. The van der Waals surface area contributed by atoms with Gasteiger partial charge >= 0.3 is 0 Å². The third-order valence-corrected chi connectivity index (χ3v) is 1.40. The maximum absolute atomic E-state index is 10.7. The number of carbonyl (C=O) groups is 1. The zero-order valence-corrected chi connectivity index (χ0v) is 6.85. The standard InChI is InChI=1S/C7H16N2O/c1-5(2)4-7(3,9)6(8)10/h5H,4,9H2,1-3H3,(H2,8,10)/t7-/m0/s1. The molecule has 0 aromatic heterocycles. The second-order valence-electron chi connectivity index (χ2n) is 3.38. The topological polar surface area (TPSA) is 69.1 Å². The van der Waals surface area contributed by atoms with E-state index in [4.69, 9.17) is 11.5 Å². The fourth-order valence-corrected chi connectivity index (χ4v) is 0.949. The van der Waals surface area contributed by atoms with Crippen molar-refractivity contribution in [1.29, 1.82) is 0 Å². The first-order chi connectivity index (χ1) is 4.36. The van der Waals surface area contributed by atoms with Crippen molar-refractivity contribution in [2.45, 2.75) is 32.7 Å². The SMILES string of the molecule is CC(C)C[C@](C)(N)C(N)=O. The average molecular weight is 144 g/mol. The Morgan fingerprint density at radius 1 is 1.60 bits per heavy atom. The minimum Gasteiger partial charge on any atom is -0.368 e. The quantitative estimate of drug-likeness (QED) is 0.595. The Morgan fingerprint density at radius 3 is 2.10 bits per heavy atom. The highest BCUT2D eigenvalue weighted by atomic mass is 16.1. The van der Waals surface area contributed by atoms with Crippen molar-refractivity contribution in [2.24, 2.45) is 17.4 Å². The summed E-state index contributed by atoms with van der Waals surface area (Å²) in [5.74, 6) is -0.0244. The lowest BCUT2D eigenvalue weighted by Crippen LogP contribution is -2.50. The van der Waals surface area contributed by atoms with Crippen LogP contribution in [0.5, 0.6) is 0 Å². The Kier molecular flexibility index (Phi) is 2.84. The smallest absolute Gasteiger partial charge is 0.237 e. The molecule has 0 saturated heterocycles. The lowest BCUT2D eigenvalue weighted by Gasteiger charge is -2.22. The summed E-state index contributed by atoms with van der Waals surface area (Å²) < 4.78 is 0. The Bertz CT molecular complexity index is 130. The number of amides is 1. The summed E-state index contributed by atoms with van der Waals surface area (Å²) in [5, 5.41) is 0. The zero-order chi connectivity index (χ0) is 8.36. The molecule has 0 spiro atoms. The van der Waals surface area contributed by atoms with E-state index in [2.05, 4.69) is 0 Å². The van der Waals surface area contributed by atoms with Crippen LogP contribution in [0.3, 0.4) is 0 Å². The van der Waals surface area contributed by atoms with E-state index in [1.807, 2.05) is 13.8 Å². The summed E-state index contributed by atoms with van der Waals surface area (Å²) in [6, 6.07) is 0. The molecule has 0 rings (SSSR count). The van der Waals surface area contributed by atoms with Crippen LogP contribution in [0.25, 0.3) is 0 Å². The second kappa shape index (κ2) is 3.01. The molecule has 1 amide bonds. The molecule has 0 unspecified atom stereocenters. The van der Waals surface area contributed by atoms with E-state index in [1.165, 1.54) is 0 Å². The van der Waals surface area contributed by atoms with E-state index in [0.29, 0.717) is 12.3 Å². The minimum absolute atomic E-state index is 0.405. The van der Waals surface area contributed by atoms with Crippen LogP contribution in [0.4, 0.5) is 0 Å². The number of hydrogen-bond acceptors (Lipinski definition) is 2. The molecule has 0 aromatic carbocycles. The van der Waals surface area contributed by atoms with Gasteiger partial charge in [0.05, 0.1) is 5.54 Å². The molecule has 0 radical (unpaired) electrons. The van der Waals surface area contributed by atoms with Gasteiger partial charge < -0.3 is 11.5 Å². The number of carbonyl (C=O) groups excluding carboxylic acids is 1. The van der Waals surface area contributed by atoms with Crippen LogP contribution in [-0.4, -0.2) is 11.4 Å². The molecule has 60 valence electrons. The van der Waals surface area contributed by atoms with E-state index < -0.39 is 11.4 Å². The first kappa shape index (κ1) is 9.43. The predicted molar refractivity (Wildman–Crippen MR) is 41.2 cm³/mol. The predicted octanol–water partition coefficient (Wildman–Crippen LogP) is 0.235. The van der Waals surface area contributed by atoms with Gasteiger partial charge in [-0.3, -0.25) is 4.79 Å². The van der Waals surface area contributed by atoms with Gasteiger partial charge in [-0.2, -0.15) is 0 Å². The molecular formula is C7H16N2O. The van der Waals surface area contributed by atoms with Crippen LogP contribution in [0, 0.1) is 5.92 Å². The van der Waals surface area contributed by atoms with Crippen LogP contribution in [0.1, 0.15) is 27.2 Å². The summed E-state index contributed by atoms with van der Waals surface area (Å²) >= 11 is 0. The molecule has 3 heteroatoms. The van der Waals surface area contributed by atoms with Gasteiger partial charge in [-0.05, 0) is 19.3 Å². The van der Waals surface area contributed by atoms with Gasteiger partial charge in [-0.15, -0.1) is 0 Å². The third-order valence-electron chi connectivity index (χ3n) is 1.40. The third kappa shape index (κ3) is 2.82. The molecule has 0 aliphatic carbocycles. The molecule has 0 aliphatic heterocycles. The first-order valence-electron chi connectivity index (χ1n) is 3.45. The molecule has 4 N–H and O–H groups in total. The van der Waals surface area contributed by atoms with Gasteiger partial charge in [-0.25, -0.2) is 0 Å². The van der Waals surface area contributed by atoms with Gasteiger partial charge in [0.2, 0.25) is 5.91 Å². The highest BCUT2D eigenvalue weighted by molar-refractivity contribution is 5.83. The molecular weight excluding hydrogens is 128 g/mol. The van der Waals surface area contributed by atoms with Gasteiger partial charge in [0, 0.05) is 0 Å². The van der Waals surface area contributed by atoms with Gasteiger partial charge in [0.25, 0.3) is 0 Å². The van der Waals surface area contributed by atoms with E-state index in [9.17, 15) is 4.79 Å². The number of primary amides is 1. The Balaban J connectivity index is 4.00. The average Bonchev–Trinajstić information content (AvgIpc) is 1.60. The van der Waals surface area contributed by atoms with E-state index in [-0.39, 0.29) is 0 Å². The van der Waals surface area contributed by atoms with E-state index >= 15 is 0 Å². The van der Waals surface area contributed by atoms with Crippen molar-refractivity contribution in [3.63, 3.8) is 0 Å². The van der Waals surface area contributed by atoms with Crippen molar-refractivity contribution >= 4 is 5.91 Å². The molecule has 0 fully saturated rings. The fourth-order valence-electron chi connectivity index (χ4n) is 0.949. The molecule has 0 aromatic rings. The minimum atomic E-state index is -0.839. The Labute approximate surface area is 61.8 Å². The normalized spacial score (nSPS) is 16.9. The van der Waals surface area contributed by atoms with Gasteiger partial charge in [0.15, 0.2) is 0 Å². The highest BCUT2D eigenvalue weighted by Crippen LogP contribution is 2.12. The lowest BCUT2D eigenvalue weighted by molar-refractivity contribution is -0.123. The Morgan fingerprint density at radius 2 is 2.00 bits per heavy atom.